The van der Waals surface area contributed by atoms with E-state index in [1.807, 2.05) is 0 Å². The third kappa shape index (κ3) is 8.92. The van der Waals surface area contributed by atoms with E-state index in [-0.39, 0.29) is 5.41 Å². The summed E-state index contributed by atoms with van der Waals surface area (Å²) >= 11 is 0. The van der Waals surface area contributed by atoms with Crippen molar-refractivity contribution >= 4 is 6.09 Å². The van der Waals surface area contributed by atoms with Crippen LogP contribution >= 0.6 is 0 Å². The van der Waals surface area contributed by atoms with Crippen LogP contribution in [-0.2, 0) is 4.74 Å². The summed E-state index contributed by atoms with van der Waals surface area (Å²) < 4.78 is 4.72. The molecule has 1 amide bonds. The molecule has 0 atom stereocenters. The molecule has 0 aromatic heterocycles. The molecule has 0 saturated heterocycles. The van der Waals surface area contributed by atoms with Crippen molar-refractivity contribution in [3.05, 3.63) is 12.3 Å². The number of amides is 1. The van der Waals surface area contributed by atoms with Crippen LogP contribution in [0.1, 0.15) is 34.1 Å². The average Bonchev–Trinajstić information content (AvgIpc) is 1.81. The quantitative estimate of drug-likeness (QED) is 0.686. The second-order valence-corrected chi connectivity index (χ2v) is 4.33. The number of rotatable bonds is 3. The Bertz CT molecular complexity index is 192. The Morgan fingerprint density at radius 2 is 2.00 bits per heavy atom. The van der Waals surface area contributed by atoms with Crippen LogP contribution in [0.4, 0.5) is 4.79 Å². The highest BCUT2D eigenvalue weighted by Crippen LogP contribution is 2.16. The van der Waals surface area contributed by atoms with E-state index in [9.17, 15) is 4.79 Å². The molecule has 3 nitrogen and oxygen atoms in total. The van der Waals surface area contributed by atoms with Gasteiger partial charge in [-0.15, -0.1) is 0 Å². The molecule has 0 spiro atoms. The molecule has 0 rings (SSSR count). The third-order valence-electron chi connectivity index (χ3n) is 1.41. The zero-order valence-corrected chi connectivity index (χ0v) is 8.94. The van der Waals surface area contributed by atoms with E-state index in [1.165, 1.54) is 0 Å². The topological polar surface area (TPSA) is 38.3 Å². The van der Waals surface area contributed by atoms with E-state index in [4.69, 9.17) is 4.74 Å². The molecule has 0 aromatic rings. The Labute approximate surface area is 80.2 Å². The lowest BCUT2D eigenvalue weighted by Crippen LogP contribution is -2.27. The summed E-state index contributed by atoms with van der Waals surface area (Å²) in [6.45, 7) is 12.1. The van der Waals surface area contributed by atoms with Crippen molar-refractivity contribution in [3.8, 4) is 0 Å². The van der Waals surface area contributed by atoms with Gasteiger partial charge in [0.15, 0.2) is 0 Å². The van der Waals surface area contributed by atoms with Crippen LogP contribution in [0.3, 0.4) is 0 Å². The molecule has 0 heterocycles. The first-order valence-electron chi connectivity index (χ1n) is 4.42. The Kier molecular flexibility index (Phi) is 4.52. The van der Waals surface area contributed by atoms with E-state index in [0.29, 0.717) is 12.3 Å². The van der Waals surface area contributed by atoms with Crippen molar-refractivity contribution in [2.24, 2.45) is 5.41 Å². The van der Waals surface area contributed by atoms with E-state index in [2.05, 4.69) is 32.7 Å². The monoisotopic (exact) mass is 185 g/mol. The highest BCUT2D eigenvalue weighted by molar-refractivity contribution is 5.68. The van der Waals surface area contributed by atoms with Crippen molar-refractivity contribution in [2.45, 2.75) is 34.1 Å². The highest BCUT2D eigenvalue weighted by atomic mass is 16.6. The Balaban J connectivity index is 3.54. The van der Waals surface area contributed by atoms with Crippen molar-refractivity contribution in [3.63, 3.8) is 0 Å². The third-order valence-corrected chi connectivity index (χ3v) is 1.41. The Hall–Kier alpha value is -0.990. The van der Waals surface area contributed by atoms with Crippen molar-refractivity contribution in [1.82, 2.24) is 5.32 Å². The number of allylic oxidation sites excluding steroid dienone is 1. The van der Waals surface area contributed by atoms with Gasteiger partial charge in [-0.3, -0.25) is 0 Å². The molecule has 0 aliphatic heterocycles. The minimum absolute atomic E-state index is 0.233. The summed E-state index contributed by atoms with van der Waals surface area (Å²) in [4.78, 5) is 10.9. The van der Waals surface area contributed by atoms with Gasteiger partial charge in [0.2, 0.25) is 0 Å². The molecule has 1 N–H and O–H groups in total. The van der Waals surface area contributed by atoms with Crippen LogP contribution in [0.25, 0.3) is 0 Å². The normalized spacial score (nSPS) is 10.8. The van der Waals surface area contributed by atoms with Gasteiger partial charge in [0.25, 0.3) is 0 Å². The second-order valence-electron chi connectivity index (χ2n) is 4.33. The number of hydrogen-bond acceptors (Lipinski definition) is 2. The lowest BCUT2D eigenvalue weighted by Gasteiger charge is -2.17. The molecule has 0 aromatic carbocycles. The maximum absolute atomic E-state index is 10.9. The van der Waals surface area contributed by atoms with E-state index in [0.717, 1.165) is 6.42 Å². The summed E-state index contributed by atoms with van der Waals surface area (Å²) in [5.74, 6) is 0.410. The largest absolute Gasteiger partial charge is 0.416 e. The zero-order valence-electron chi connectivity index (χ0n) is 8.94. The summed E-state index contributed by atoms with van der Waals surface area (Å²) in [5.41, 5.74) is 0.233. The summed E-state index contributed by atoms with van der Waals surface area (Å²) in [6.07, 6.45) is 0.509. The van der Waals surface area contributed by atoms with Gasteiger partial charge in [0.05, 0.1) is 5.76 Å². The lowest BCUT2D eigenvalue weighted by atomic mass is 9.92. The van der Waals surface area contributed by atoms with Gasteiger partial charge in [-0.05, 0) is 18.8 Å². The SMILES string of the molecule is C=C(C)OC(=O)NCCC(C)(C)C. The number of carbonyl (C=O) groups excluding carboxylic acids is 1. The molecule has 0 fully saturated rings. The first-order valence-corrected chi connectivity index (χ1v) is 4.42. The molecular formula is C10H19NO2. The lowest BCUT2D eigenvalue weighted by molar-refractivity contribution is 0.175. The number of ether oxygens (including phenoxy) is 1. The molecule has 13 heavy (non-hydrogen) atoms. The highest BCUT2D eigenvalue weighted by Gasteiger charge is 2.10. The second kappa shape index (κ2) is 4.90. The molecule has 0 aliphatic rings. The van der Waals surface area contributed by atoms with Crippen molar-refractivity contribution in [1.29, 1.82) is 0 Å². The Morgan fingerprint density at radius 1 is 1.46 bits per heavy atom. The average molecular weight is 185 g/mol. The van der Waals surface area contributed by atoms with Crippen molar-refractivity contribution in [2.75, 3.05) is 6.54 Å². The zero-order chi connectivity index (χ0) is 10.5. The van der Waals surface area contributed by atoms with Crippen LogP contribution in [0.2, 0.25) is 0 Å². The van der Waals surface area contributed by atoms with Crippen LogP contribution in [0.15, 0.2) is 12.3 Å². The molecule has 76 valence electrons. The molecule has 0 saturated carbocycles. The van der Waals surface area contributed by atoms with Crippen molar-refractivity contribution < 1.29 is 9.53 Å². The van der Waals surface area contributed by atoms with Gasteiger partial charge in [0, 0.05) is 6.54 Å². The van der Waals surface area contributed by atoms with E-state index < -0.39 is 6.09 Å². The van der Waals surface area contributed by atoms with Crippen LogP contribution in [-0.4, -0.2) is 12.6 Å². The maximum Gasteiger partial charge on any atom is 0.412 e. The summed E-state index contributed by atoms with van der Waals surface area (Å²) in [6, 6.07) is 0. The Morgan fingerprint density at radius 3 is 2.38 bits per heavy atom. The first kappa shape index (κ1) is 12.0. The van der Waals surface area contributed by atoms with Gasteiger partial charge in [0.1, 0.15) is 0 Å². The molecule has 3 heteroatoms. The summed E-state index contributed by atoms with van der Waals surface area (Å²) in [7, 11) is 0. The smallest absolute Gasteiger partial charge is 0.412 e. The van der Waals surface area contributed by atoms with Gasteiger partial charge >= 0.3 is 6.09 Å². The van der Waals surface area contributed by atoms with Gasteiger partial charge < -0.3 is 10.1 Å². The summed E-state index contributed by atoms with van der Waals surface area (Å²) in [5, 5.41) is 2.65. The number of hydrogen-bond donors (Lipinski definition) is 1. The van der Waals surface area contributed by atoms with Gasteiger partial charge in [-0.2, -0.15) is 0 Å². The molecule has 0 aliphatic carbocycles. The van der Waals surface area contributed by atoms with Gasteiger partial charge in [-0.25, -0.2) is 4.79 Å². The predicted molar refractivity (Wildman–Crippen MR) is 53.4 cm³/mol. The molecule has 0 bridgehead atoms. The van der Waals surface area contributed by atoms with Crippen LogP contribution < -0.4 is 5.32 Å². The fraction of sp³-hybridized carbons (Fsp3) is 0.700. The fourth-order valence-electron chi connectivity index (χ4n) is 0.734. The first-order chi connectivity index (χ1) is 5.81. The van der Waals surface area contributed by atoms with Crippen LogP contribution in [0, 0.1) is 5.41 Å². The molecular weight excluding hydrogens is 166 g/mol. The number of carbonyl (C=O) groups is 1. The van der Waals surface area contributed by atoms with E-state index in [1.54, 1.807) is 6.92 Å². The van der Waals surface area contributed by atoms with E-state index >= 15 is 0 Å². The maximum atomic E-state index is 10.9. The number of nitrogens with one attached hydrogen (secondary N) is 1. The predicted octanol–water partition coefficient (Wildman–Crippen LogP) is 2.68. The fourth-order valence-corrected chi connectivity index (χ4v) is 0.734. The van der Waals surface area contributed by atoms with Crippen LogP contribution in [0.5, 0.6) is 0 Å². The van der Waals surface area contributed by atoms with Gasteiger partial charge in [-0.1, -0.05) is 27.4 Å². The minimum atomic E-state index is -0.420. The molecule has 0 unspecified atom stereocenters. The standard InChI is InChI=1S/C10H19NO2/c1-8(2)13-9(12)11-7-6-10(3,4)5/h1,6-7H2,2-5H3,(H,11,12). The minimum Gasteiger partial charge on any atom is -0.416 e. The molecule has 0 radical (unpaired) electrons. The number of alkyl carbamates (subject to hydrolysis) is 1.